The van der Waals surface area contributed by atoms with Gasteiger partial charge in [-0.1, -0.05) is 0 Å². The first-order valence-electron chi connectivity index (χ1n) is 7.58. The largest absolute Gasteiger partial charge is 0.460 e. The quantitative estimate of drug-likeness (QED) is 0.828. The first kappa shape index (κ1) is 18.9. The summed E-state index contributed by atoms with van der Waals surface area (Å²) in [4.78, 5) is 24.5. The first-order chi connectivity index (χ1) is 11.4. The number of aromatic nitrogens is 2. The highest BCUT2D eigenvalue weighted by atomic mass is 19.4. The molecule has 2 amide bonds. The molecule has 138 valence electrons. The van der Waals surface area contributed by atoms with E-state index in [-0.39, 0.29) is 13.0 Å². The van der Waals surface area contributed by atoms with Crippen LogP contribution in [0.4, 0.5) is 18.0 Å². The molecule has 0 bridgehead atoms. The number of rotatable bonds is 4. The highest BCUT2D eigenvalue weighted by Gasteiger charge is 2.46. The number of nitrogens with one attached hydrogen (secondary N) is 1. The summed E-state index contributed by atoms with van der Waals surface area (Å²) >= 11 is 0. The number of hydrogen-bond donors (Lipinski definition) is 1. The molecule has 0 aliphatic carbocycles. The van der Waals surface area contributed by atoms with E-state index in [2.05, 4.69) is 10.2 Å². The van der Waals surface area contributed by atoms with Crippen LogP contribution in [0.3, 0.4) is 0 Å². The van der Waals surface area contributed by atoms with Crippen LogP contribution >= 0.6 is 0 Å². The van der Waals surface area contributed by atoms with Gasteiger partial charge in [0.05, 0.1) is 24.9 Å². The number of halogens is 3. The topological polar surface area (TPSA) is 84.4 Å². The first-order valence-corrected chi connectivity index (χ1v) is 7.58. The Morgan fingerprint density at radius 1 is 1.40 bits per heavy atom. The summed E-state index contributed by atoms with van der Waals surface area (Å²) in [6.45, 7) is 4.66. The summed E-state index contributed by atoms with van der Waals surface area (Å²) in [7, 11) is 0. The molecule has 2 heterocycles. The van der Waals surface area contributed by atoms with Crippen LogP contribution in [0.1, 0.15) is 32.0 Å². The lowest BCUT2D eigenvalue weighted by Crippen LogP contribution is -2.40. The molecule has 0 unspecified atom stereocenters. The van der Waals surface area contributed by atoms with Gasteiger partial charge >= 0.3 is 18.2 Å². The zero-order valence-corrected chi connectivity index (χ0v) is 14.1. The van der Waals surface area contributed by atoms with Crippen molar-refractivity contribution in [1.82, 2.24) is 20.4 Å². The van der Waals surface area contributed by atoms with Crippen molar-refractivity contribution in [2.45, 2.75) is 51.6 Å². The maximum Gasteiger partial charge on any atom is 0.410 e. The number of carbonyl (C=O) groups is 2. The molecule has 0 radical (unpaired) electrons. The molecule has 10 heteroatoms. The molecule has 0 spiro atoms. The third-order valence-electron chi connectivity index (χ3n) is 3.26. The Morgan fingerprint density at radius 2 is 2.08 bits per heavy atom. The predicted octanol–water partition coefficient (Wildman–Crippen LogP) is 1.82. The van der Waals surface area contributed by atoms with Crippen LogP contribution in [0.5, 0.6) is 0 Å². The minimum Gasteiger partial charge on any atom is -0.460 e. The van der Waals surface area contributed by atoms with Crippen LogP contribution < -0.4 is 5.32 Å². The fourth-order valence-corrected chi connectivity index (χ4v) is 2.29. The van der Waals surface area contributed by atoms with Gasteiger partial charge in [-0.3, -0.25) is 4.79 Å². The van der Waals surface area contributed by atoms with Gasteiger partial charge in [-0.2, -0.15) is 23.4 Å². The summed E-state index contributed by atoms with van der Waals surface area (Å²) in [5.41, 5.74) is 0.160. The lowest BCUT2D eigenvalue weighted by atomic mass is 10.2. The third kappa shape index (κ3) is 5.57. The lowest BCUT2D eigenvalue weighted by Gasteiger charge is -2.19. The van der Waals surface area contributed by atoms with E-state index in [1.54, 1.807) is 20.8 Å². The Kier molecular flexibility index (Phi) is 5.19. The molecule has 25 heavy (non-hydrogen) atoms. The van der Waals surface area contributed by atoms with Crippen LogP contribution in [-0.4, -0.2) is 51.5 Å². The van der Waals surface area contributed by atoms with Crippen LogP contribution in [0, 0.1) is 0 Å². The highest BCUT2D eigenvalue weighted by Crippen LogP contribution is 2.25. The standard InChI is InChI=1S/C15H19F3N4O3/c1-14(2,3)25-12(23)5-10-4-9(6-19-21-10)7-22-8-11(15(16,17)18)20-13(22)24/h4,6,11H,5,7-8H2,1-3H3,(H,20,24)/t11-/m0/s1. The predicted molar refractivity (Wildman–Crippen MR) is 80.4 cm³/mol. The van der Waals surface area contributed by atoms with Crippen LogP contribution in [0.25, 0.3) is 0 Å². The van der Waals surface area contributed by atoms with Crippen LogP contribution in [0.15, 0.2) is 12.3 Å². The average Bonchev–Trinajstić information content (AvgIpc) is 2.78. The lowest BCUT2D eigenvalue weighted by molar-refractivity contribution is -0.154. The van der Waals surface area contributed by atoms with Gasteiger partial charge in [0, 0.05) is 6.54 Å². The fraction of sp³-hybridized carbons (Fsp3) is 0.600. The molecule has 7 nitrogen and oxygen atoms in total. The SMILES string of the molecule is CC(C)(C)OC(=O)Cc1cc(CN2C[C@@H](C(F)(F)F)NC2=O)cnn1. The number of urea groups is 1. The smallest absolute Gasteiger partial charge is 0.410 e. The van der Waals surface area contributed by atoms with E-state index < -0.39 is 36.4 Å². The number of carbonyl (C=O) groups excluding carboxylic acids is 2. The van der Waals surface area contributed by atoms with Gasteiger partial charge in [-0.25, -0.2) is 4.79 Å². The molecule has 1 fully saturated rings. The van der Waals surface area contributed by atoms with E-state index in [0.29, 0.717) is 11.3 Å². The molecule has 1 aliphatic heterocycles. The number of ether oxygens (including phenoxy) is 1. The Labute approximate surface area is 142 Å². The third-order valence-corrected chi connectivity index (χ3v) is 3.26. The fourth-order valence-electron chi connectivity index (χ4n) is 2.29. The maximum absolute atomic E-state index is 12.7. The summed E-state index contributed by atoms with van der Waals surface area (Å²) in [5.74, 6) is -0.491. The Balaban J connectivity index is 2.00. The Hall–Kier alpha value is -2.39. The van der Waals surface area contributed by atoms with Crippen molar-refractivity contribution in [2.24, 2.45) is 0 Å². The van der Waals surface area contributed by atoms with Crippen molar-refractivity contribution >= 4 is 12.0 Å². The van der Waals surface area contributed by atoms with E-state index >= 15 is 0 Å². The normalized spacial score (nSPS) is 18.2. The zero-order chi connectivity index (χ0) is 18.8. The van der Waals surface area contributed by atoms with Crippen molar-refractivity contribution < 1.29 is 27.5 Å². The second-order valence-corrected chi connectivity index (χ2v) is 6.74. The van der Waals surface area contributed by atoms with Gasteiger partial charge in [0.2, 0.25) is 0 Å². The molecule has 0 saturated carbocycles. The van der Waals surface area contributed by atoms with Crippen molar-refractivity contribution in [3.63, 3.8) is 0 Å². The summed E-state index contributed by atoms with van der Waals surface area (Å²) in [5, 5.41) is 9.43. The second kappa shape index (κ2) is 6.85. The number of nitrogens with zero attached hydrogens (tertiary/aromatic N) is 3. The Bertz CT molecular complexity index is 658. The van der Waals surface area contributed by atoms with Crippen molar-refractivity contribution in [1.29, 1.82) is 0 Å². The molecule has 1 aromatic rings. The van der Waals surface area contributed by atoms with Gasteiger partial charge in [-0.15, -0.1) is 0 Å². The molecular weight excluding hydrogens is 341 g/mol. The molecular formula is C15H19F3N4O3. The number of hydrogen-bond acceptors (Lipinski definition) is 5. The molecule has 2 rings (SSSR count). The monoisotopic (exact) mass is 360 g/mol. The summed E-state index contributed by atoms with van der Waals surface area (Å²) < 4.78 is 43.2. The van der Waals surface area contributed by atoms with Crippen LogP contribution in [0.2, 0.25) is 0 Å². The highest BCUT2D eigenvalue weighted by molar-refractivity contribution is 5.77. The molecule has 1 atom stereocenters. The van der Waals surface area contributed by atoms with Crippen LogP contribution in [-0.2, 0) is 22.5 Å². The minimum atomic E-state index is -4.50. The molecule has 1 aliphatic rings. The van der Waals surface area contributed by atoms with E-state index in [9.17, 15) is 22.8 Å². The van der Waals surface area contributed by atoms with E-state index in [4.69, 9.17) is 4.74 Å². The number of esters is 1. The Morgan fingerprint density at radius 3 is 2.64 bits per heavy atom. The minimum absolute atomic E-state index is 0.0603. The molecule has 0 aromatic carbocycles. The second-order valence-electron chi connectivity index (χ2n) is 6.74. The van der Waals surface area contributed by atoms with Gasteiger partial charge in [0.1, 0.15) is 11.6 Å². The maximum atomic E-state index is 12.7. The molecule has 1 saturated heterocycles. The van der Waals surface area contributed by atoms with Gasteiger partial charge in [-0.05, 0) is 32.4 Å². The van der Waals surface area contributed by atoms with E-state index in [1.165, 1.54) is 12.3 Å². The van der Waals surface area contributed by atoms with Gasteiger partial charge in [0.25, 0.3) is 0 Å². The summed E-state index contributed by atoms with van der Waals surface area (Å²) in [6, 6.07) is -1.17. The molecule has 1 aromatic heterocycles. The van der Waals surface area contributed by atoms with E-state index in [1.807, 2.05) is 5.32 Å². The van der Waals surface area contributed by atoms with Crippen molar-refractivity contribution in [3.8, 4) is 0 Å². The van der Waals surface area contributed by atoms with E-state index in [0.717, 1.165) is 4.90 Å². The summed E-state index contributed by atoms with van der Waals surface area (Å²) in [6.07, 6.45) is -3.27. The van der Waals surface area contributed by atoms with Crippen molar-refractivity contribution in [2.75, 3.05) is 6.54 Å². The zero-order valence-electron chi connectivity index (χ0n) is 14.1. The van der Waals surface area contributed by atoms with Crippen molar-refractivity contribution in [3.05, 3.63) is 23.5 Å². The van der Waals surface area contributed by atoms with Gasteiger partial charge in [0.15, 0.2) is 0 Å². The number of alkyl halides is 3. The molecule has 1 N–H and O–H groups in total. The average molecular weight is 360 g/mol. The number of amides is 2. The van der Waals surface area contributed by atoms with Gasteiger partial charge < -0.3 is 15.0 Å².